The maximum atomic E-state index is 12.5. The number of rotatable bonds is 3. The lowest BCUT2D eigenvalue weighted by Crippen LogP contribution is -2.50. The molecule has 0 atom stereocenters. The molecule has 1 saturated heterocycles. The van der Waals surface area contributed by atoms with E-state index in [0.29, 0.717) is 26.2 Å². The lowest BCUT2D eigenvalue weighted by Gasteiger charge is -2.34. The van der Waals surface area contributed by atoms with Gasteiger partial charge in [0, 0.05) is 38.3 Å². The van der Waals surface area contributed by atoms with Gasteiger partial charge < -0.3 is 10.6 Å². The third-order valence-electron chi connectivity index (χ3n) is 3.87. The number of pyridine rings is 1. The molecule has 3 rings (SSSR count). The van der Waals surface area contributed by atoms with Crippen molar-refractivity contribution in [1.29, 1.82) is 0 Å². The van der Waals surface area contributed by atoms with E-state index in [4.69, 9.17) is 5.73 Å². The quantitative estimate of drug-likeness (QED) is 0.841. The van der Waals surface area contributed by atoms with Crippen molar-refractivity contribution in [1.82, 2.24) is 14.2 Å². The number of sulfonamides is 1. The van der Waals surface area contributed by atoms with Crippen LogP contribution in [0.2, 0.25) is 0 Å². The van der Waals surface area contributed by atoms with Crippen LogP contribution < -0.4 is 5.73 Å². The fraction of sp³-hybridized carbons (Fsp3) is 0.538. The van der Waals surface area contributed by atoms with Crippen LogP contribution in [0.25, 0.3) is 0 Å². The molecule has 1 saturated carbocycles. The number of nitrogen functional groups attached to an aromatic ring is 1. The number of nitrogens with zero attached hydrogens (tertiary/aromatic N) is 3. The molecule has 1 aliphatic carbocycles. The van der Waals surface area contributed by atoms with E-state index in [2.05, 4.69) is 4.98 Å². The number of hydrogen-bond donors (Lipinski definition) is 1. The van der Waals surface area contributed by atoms with E-state index in [1.54, 1.807) is 4.90 Å². The predicted octanol–water partition coefficient (Wildman–Crippen LogP) is -0.0933. The third kappa shape index (κ3) is 2.86. The van der Waals surface area contributed by atoms with Crippen molar-refractivity contribution >= 4 is 21.7 Å². The van der Waals surface area contributed by atoms with Crippen LogP contribution in [-0.4, -0.2) is 54.7 Å². The largest absolute Gasteiger partial charge is 0.384 e. The van der Waals surface area contributed by atoms with Gasteiger partial charge >= 0.3 is 0 Å². The van der Waals surface area contributed by atoms with E-state index in [9.17, 15) is 13.2 Å². The maximum absolute atomic E-state index is 12.5. The minimum atomic E-state index is -3.56. The molecule has 1 amide bonds. The van der Waals surface area contributed by atoms with Crippen molar-refractivity contribution in [2.45, 2.75) is 17.7 Å². The monoisotopic (exact) mass is 310 g/mol. The number of nitrogens with two attached hydrogens (primary N) is 1. The molecule has 0 radical (unpaired) electrons. The van der Waals surface area contributed by atoms with Crippen molar-refractivity contribution in [3.05, 3.63) is 18.3 Å². The summed E-state index contributed by atoms with van der Waals surface area (Å²) in [7, 11) is -3.56. The van der Waals surface area contributed by atoms with Crippen LogP contribution in [0.4, 0.5) is 5.82 Å². The molecule has 2 heterocycles. The van der Waals surface area contributed by atoms with Crippen LogP contribution in [0.15, 0.2) is 23.2 Å². The summed E-state index contributed by atoms with van der Waals surface area (Å²) in [6.45, 7) is 1.56. The maximum Gasteiger partial charge on any atom is 0.244 e. The van der Waals surface area contributed by atoms with Crippen LogP contribution >= 0.6 is 0 Å². The first-order valence-corrected chi connectivity index (χ1v) is 8.43. The van der Waals surface area contributed by atoms with Gasteiger partial charge in [0.15, 0.2) is 0 Å². The Kier molecular flexibility index (Phi) is 3.58. The van der Waals surface area contributed by atoms with Crippen LogP contribution in [0.1, 0.15) is 12.8 Å². The fourth-order valence-electron chi connectivity index (χ4n) is 2.43. The summed E-state index contributed by atoms with van der Waals surface area (Å²) in [5.74, 6) is 0.629. The summed E-state index contributed by atoms with van der Waals surface area (Å²) in [4.78, 5) is 17.7. The molecule has 0 spiro atoms. The van der Waals surface area contributed by atoms with Gasteiger partial charge in [0.25, 0.3) is 0 Å². The van der Waals surface area contributed by atoms with Gasteiger partial charge in [-0.1, -0.05) is 0 Å². The fourth-order valence-corrected chi connectivity index (χ4v) is 3.80. The number of amides is 1. The molecular formula is C13H18N4O3S. The van der Waals surface area contributed by atoms with Gasteiger partial charge in [0.05, 0.1) is 0 Å². The van der Waals surface area contributed by atoms with E-state index in [1.165, 1.54) is 22.6 Å². The van der Waals surface area contributed by atoms with Crippen LogP contribution in [0, 0.1) is 5.92 Å². The second-order valence-corrected chi connectivity index (χ2v) is 7.36. The highest BCUT2D eigenvalue weighted by atomic mass is 32.2. The number of aromatic nitrogens is 1. The number of carbonyl (C=O) groups excluding carboxylic acids is 1. The highest BCUT2D eigenvalue weighted by Crippen LogP contribution is 2.31. The van der Waals surface area contributed by atoms with Crippen molar-refractivity contribution in [2.75, 3.05) is 31.9 Å². The Morgan fingerprint density at radius 3 is 2.38 bits per heavy atom. The van der Waals surface area contributed by atoms with Gasteiger partial charge in [-0.3, -0.25) is 4.79 Å². The average Bonchev–Trinajstić information content (AvgIpc) is 3.32. The van der Waals surface area contributed by atoms with E-state index in [0.717, 1.165) is 12.8 Å². The Labute approximate surface area is 123 Å². The molecular weight excluding hydrogens is 292 g/mol. The van der Waals surface area contributed by atoms with Crippen molar-refractivity contribution < 1.29 is 13.2 Å². The topological polar surface area (TPSA) is 96.6 Å². The van der Waals surface area contributed by atoms with Crippen LogP contribution in [-0.2, 0) is 14.8 Å². The first-order valence-electron chi connectivity index (χ1n) is 6.99. The van der Waals surface area contributed by atoms with E-state index in [1.807, 2.05) is 0 Å². The number of piperazine rings is 1. The molecule has 8 heteroatoms. The average molecular weight is 310 g/mol. The number of carbonyl (C=O) groups is 1. The van der Waals surface area contributed by atoms with Gasteiger partial charge in [-0.2, -0.15) is 4.31 Å². The molecule has 2 N–H and O–H groups in total. The predicted molar refractivity (Wildman–Crippen MR) is 76.7 cm³/mol. The molecule has 2 fully saturated rings. The smallest absolute Gasteiger partial charge is 0.244 e. The second-order valence-electron chi connectivity index (χ2n) is 5.42. The lowest BCUT2D eigenvalue weighted by molar-refractivity contribution is -0.133. The summed E-state index contributed by atoms with van der Waals surface area (Å²) >= 11 is 0. The highest BCUT2D eigenvalue weighted by molar-refractivity contribution is 7.89. The number of anilines is 1. The van der Waals surface area contributed by atoms with Gasteiger partial charge in [-0.05, 0) is 25.0 Å². The highest BCUT2D eigenvalue weighted by Gasteiger charge is 2.36. The molecule has 2 aliphatic rings. The molecule has 1 aromatic heterocycles. The zero-order valence-corrected chi connectivity index (χ0v) is 12.4. The molecule has 0 bridgehead atoms. The zero-order valence-electron chi connectivity index (χ0n) is 11.6. The van der Waals surface area contributed by atoms with Gasteiger partial charge in [-0.15, -0.1) is 0 Å². The SMILES string of the molecule is Nc1ccc(S(=O)(=O)N2CCN(C(=O)C3CC3)CC2)cn1. The van der Waals surface area contributed by atoms with Crippen LogP contribution in [0.3, 0.4) is 0 Å². The summed E-state index contributed by atoms with van der Waals surface area (Å²) in [5, 5.41) is 0. The molecule has 21 heavy (non-hydrogen) atoms. The van der Waals surface area contributed by atoms with Crippen molar-refractivity contribution in [2.24, 2.45) is 5.92 Å². The summed E-state index contributed by atoms with van der Waals surface area (Å²) in [6, 6.07) is 2.93. The second kappa shape index (κ2) is 5.27. The van der Waals surface area contributed by atoms with Gasteiger partial charge in [0.2, 0.25) is 15.9 Å². The normalized spacial score (nSPS) is 20.5. The van der Waals surface area contributed by atoms with E-state index < -0.39 is 10.0 Å². The first kappa shape index (κ1) is 14.3. The summed E-state index contributed by atoms with van der Waals surface area (Å²) in [5.41, 5.74) is 5.47. The molecule has 0 unspecified atom stereocenters. The van der Waals surface area contributed by atoms with Crippen molar-refractivity contribution in [3.63, 3.8) is 0 Å². The lowest BCUT2D eigenvalue weighted by atomic mass is 10.3. The third-order valence-corrected chi connectivity index (χ3v) is 5.76. The summed E-state index contributed by atoms with van der Waals surface area (Å²) < 4.78 is 26.3. The minimum Gasteiger partial charge on any atom is -0.384 e. The Bertz CT molecular complexity index is 632. The Morgan fingerprint density at radius 1 is 1.19 bits per heavy atom. The molecule has 1 aliphatic heterocycles. The Balaban J connectivity index is 1.68. The minimum absolute atomic E-state index is 0.138. The van der Waals surface area contributed by atoms with Gasteiger partial charge in [0.1, 0.15) is 10.7 Å². The van der Waals surface area contributed by atoms with E-state index in [-0.39, 0.29) is 22.5 Å². The van der Waals surface area contributed by atoms with Crippen LogP contribution in [0.5, 0.6) is 0 Å². The number of hydrogen-bond acceptors (Lipinski definition) is 5. The zero-order chi connectivity index (χ0) is 15.0. The molecule has 0 aromatic carbocycles. The Hall–Kier alpha value is -1.67. The standard InChI is InChI=1S/C13H18N4O3S/c14-12-4-3-11(9-15-12)21(19,20)17-7-5-16(6-8-17)13(18)10-1-2-10/h3-4,9-10H,1-2,5-8H2,(H2,14,15). The van der Waals surface area contributed by atoms with Gasteiger partial charge in [-0.25, -0.2) is 13.4 Å². The van der Waals surface area contributed by atoms with E-state index >= 15 is 0 Å². The Morgan fingerprint density at radius 2 is 1.86 bits per heavy atom. The molecule has 114 valence electrons. The molecule has 1 aromatic rings. The summed E-state index contributed by atoms with van der Waals surface area (Å²) in [6.07, 6.45) is 3.20. The van der Waals surface area contributed by atoms with Crippen molar-refractivity contribution in [3.8, 4) is 0 Å². The molecule has 7 nitrogen and oxygen atoms in total. The first-order chi connectivity index (χ1) is 9.98.